The minimum atomic E-state index is -4.30. The van der Waals surface area contributed by atoms with Crippen molar-refractivity contribution in [3.63, 3.8) is 0 Å². The summed E-state index contributed by atoms with van der Waals surface area (Å²) in [6, 6.07) is 4.30. The number of alkyl halides is 4. The van der Waals surface area contributed by atoms with Crippen molar-refractivity contribution >= 4 is 51.7 Å². The molecule has 0 saturated heterocycles. The van der Waals surface area contributed by atoms with Crippen LogP contribution in [0.2, 0.25) is 0 Å². The molecule has 17 heavy (non-hydrogen) atoms. The van der Waals surface area contributed by atoms with Gasteiger partial charge in [-0.3, -0.25) is 4.79 Å². The summed E-state index contributed by atoms with van der Waals surface area (Å²) in [4.78, 5) is 11.2. The number of halogens is 5. The van der Waals surface area contributed by atoms with Gasteiger partial charge in [0, 0.05) is 14.9 Å². The van der Waals surface area contributed by atoms with Gasteiger partial charge in [0.25, 0.3) is 0 Å². The first-order valence-corrected chi connectivity index (χ1v) is 6.86. The minimum Gasteiger partial charge on any atom is -0.298 e. The van der Waals surface area contributed by atoms with Crippen LogP contribution >= 0.6 is 46.0 Å². The van der Waals surface area contributed by atoms with E-state index in [-0.39, 0.29) is 34.7 Å². The molecule has 0 aromatic heterocycles. The molecule has 7 heteroatoms. The molecule has 0 bridgehead atoms. The Morgan fingerprint density at radius 1 is 1.41 bits per heavy atom. The van der Waals surface area contributed by atoms with Crippen LogP contribution in [-0.2, 0) is 11.2 Å². The van der Waals surface area contributed by atoms with E-state index in [2.05, 4.69) is 0 Å². The maximum Gasteiger partial charge on any atom is 0.446 e. The number of ketones is 1. The summed E-state index contributed by atoms with van der Waals surface area (Å²) in [6.45, 7) is 0. The molecule has 0 amide bonds. The van der Waals surface area contributed by atoms with Crippen LogP contribution in [0.25, 0.3) is 0 Å². The zero-order valence-electron chi connectivity index (χ0n) is 8.35. The summed E-state index contributed by atoms with van der Waals surface area (Å²) in [5.41, 5.74) is -3.60. The van der Waals surface area contributed by atoms with E-state index in [4.69, 9.17) is 11.6 Å². The van der Waals surface area contributed by atoms with Crippen LogP contribution in [-0.4, -0.2) is 17.2 Å². The average molecular weight is 395 g/mol. The van der Waals surface area contributed by atoms with Gasteiger partial charge in [-0.1, -0.05) is 6.07 Å². The van der Waals surface area contributed by atoms with Gasteiger partial charge in [-0.15, -0.1) is 11.6 Å². The number of carbonyl (C=O) groups is 1. The van der Waals surface area contributed by atoms with Crippen LogP contribution in [0.1, 0.15) is 5.56 Å². The van der Waals surface area contributed by atoms with Crippen molar-refractivity contribution in [2.45, 2.75) is 16.8 Å². The SMILES string of the molecule is O=C(CCl)Cc1ccc(SC(F)(F)F)cc1I. The molecule has 1 rings (SSSR count). The smallest absolute Gasteiger partial charge is 0.298 e. The topological polar surface area (TPSA) is 17.1 Å². The molecule has 0 saturated carbocycles. The maximum absolute atomic E-state index is 12.1. The molecule has 0 aliphatic carbocycles. The van der Waals surface area contributed by atoms with E-state index >= 15 is 0 Å². The first-order chi connectivity index (χ1) is 7.81. The third kappa shape index (κ3) is 5.48. The Morgan fingerprint density at radius 3 is 2.53 bits per heavy atom. The second kappa shape index (κ2) is 6.29. The van der Waals surface area contributed by atoms with E-state index in [1.165, 1.54) is 18.2 Å². The normalized spacial score (nSPS) is 11.6. The summed E-state index contributed by atoms with van der Waals surface area (Å²) >= 11 is 7.11. The van der Waals surface area contributed by atoms with Gasteiger partial charge in [-0.2, -0.15) is 13.2 Å². The summed E-state index contributed by atoms with van der Waals surface area (Å²) in [6.07, 6.45) is 0.152. The number of hydrogen-bond acceptors (Lipinski definition) is 2. The summed E-state index contributed by atoms with van der Waals surface area (Å²) < 4.78 is 37.0. The maximum atomic E-state index is 12.1. The highest BCUT2D eigenvalue weighted by Crippen LogP contribution is 2.37. The monoisotopic (exact) mass is 394 g/mol. The van der Waals surface area contributed by atoms with Crippen molar-refractivity contribution in [3.05, 3.63) is 27.3 Å². The number of Topliss-reactive ketones (excluding diaryl/α,β-unsaturated/α-hetero) is 1. The van der Waals surface area contributed by atoms with Gasteiger partial charge in [0.1, 0.15) is 0 Å². The van der Waals surface area contributed by atoms with Gasteiger partial charge in [-0.25, -0.2) is 0 Å². The lowest BCUT2D eigenvalue weighted by molar-refractivity contribution is -0.116. The van der Waals surface area contributed by atoms with E-state index < -0.39 is 5.51 Å². The molecule has 1 aromatic rings. The van der Waals surface area contributed by atoms with E-state index in [1.807, 2.05) is 22.6 Å². The number of benzene rings is 1. The predicted octanol–water partition coefficient (Wildman–Crippen LogP) is 4.25. The Balaban J connectivity index is 2.83. The van der Waals surface area contributed by atoms with Crippen LogP contribution in [0.5, 0.6) is 0 Å². The Morgan fingerprint density at radius 2 is 2.06 bits per heavy atom. The van der Waals surface area contributed by atoms with Crippen LogP contribution in [0, 0.1) is 3.57 Å². The summed E-state index contributed by atoms with van der Waals surface area (Å²) in [5.74, 6) is -0.240. The van der Waals surface area contributed by atoms with E-state index in [1.54, 1.807) is 0 Å². The van der Waals surface area contributed by atoms with Crippen molar-refractivity contribution in [1.29, 1.82) is 0 Å². The zero-order valence-corrected chi connectivity index (χ0v) is 12.1. The summed E-state index contributed by atoms with van der Waals surface area (Å²) in [5, 5.41) is 0. The van der Waals surface area contributed by atoms with E-state index in [0.29, 0.717) is 9.13 Å². The molecule has 0 aliphatic heterocycles. The fraction of sp³-hybridized carbons (Fsp3) is 0.300. The highest BCUT2D eigenvalue weighted by atomic mass is 127. The molecule has 1 nitrogen and oxygen atoms in total. The molecule has 0 radical (unpaired) electrons. The number of hydrogen-bond donors (Lipinski definition) is 0. The van der Waals surface area contributed by atoms with Gasteiger partial charge < -0.3 is 0 Å². The van der Waals surface area contributed by atoms with Crippen LogP contribution < -0.4 is 0 Å². The molecule has 0 fully saturated rings. The van der Waals surface area contributed by atoms with Crippen molar-refractivity contribution in [2.24, 2.45) is 0 Å². The third-order valence-corrected chi connectivity index (χ3v) is 3.82. The Labute approximate surface area is 119 Å². The minimum absolute atomic E-state index is 0.0882. The lowest BCUT2D eigenvalue weighted by Gasteiger charge is -2.08. The average Bonchev–Trinajstić information content (AvgIpc) is 2.19. The lowest BCUT2D eigenvalue weighted by Crippen LogP contribution is -2.05. The molecule has 0 heterocycles. The molecule has 0 spiro atoms. The predicted molar refractivity (Wildman–Crippen MR) is 70.5 cm³/mol. The van der Waals surface area contributed by atoms with E-state index in [9.17, 15) is 18.0 Å². The van der Waals surface area contributed by atoms with Crippen molar-refractivity contribution in [3.8, 4) is 0 Å². The zero-order chi connectivity index (χ0) is 13.1. The van der Waals surface area contributed by atoms with Gasteiger partial charge >= 0.3 is 5.51 Å². The Hall–Kier alpha value is 0.0500. The van der Waals surface area contributed by atoms with Crippen molar-refractivity contribution in [2.75, 3.05) is 5.88 Å². The quantitative estimate of drug-likeness (QED) is 0.431. The molecule has 1 aromatic carbocycles. The first kappa shape index (κ1) is 15.1. The summed E-state index contributed by atoms with van der Waals surface area (Å²) in [7, 11) is 0. The first-order valence-electron chi connectivity index (χ1n) is 4.43. The fourth-order valence-electron chi connectivity index (χ4n) is 1.13. The molecule has 0 N–H and O–H groups in total. The number of rotatable bonds is 4. The van der Waals surface area contributed by atoms with Crippen LogP contribution in [0.3, 0.4) is 0 Å². The van der Waals surface area contributed by atoms with Crippen molar-refractivity contribution in [1.82, 2.24) is 0 Å². The Bertz CT molecular complexity index is 423. The highest BCUT2D eigenvalue weighted by molar-refractivity contribution is 14.1. The van der Waals surface area contributed by atoms with Crippen LogP contribution in [0.15, 0.2) is 23.1 Å². The van der Waals surface area contributed by atoms with E-state index in [0.717, 1.165) is 0 Å². The van der Waals surface area contributed by atoms with Crippen molar-refractivity contribution < 1.29 is 18.0 Å². The molecule has 0 aliphatic rings. The second-order valence-electron chi connectivity index (χ2n) is 3.15. The highest BCUT2D eigenvalue weighted by Gasteiger charge is 2.29. The largest absolute Gasteiger partial charge is 0.446 e. The third-order valence-electron chi connectivity index (χ3n) is 1.79. The molecule has 94 valence electrons. The molecular weight excluding hydrogens is 388 g/mol. The number of thioether (sulfide) groups is 1. The van der Waals surface area contributed by atoms with Gasteiger partial charge in [0.15, 0.2) is 5.78 Å². The molecule has 0 unspecified atom stereocenters. The second-order valence-corrected chi connectivity index (χ2v) is 5.72. The lowest BCUT2D eigenvalue weighted by atomic mass is 10.1. The fourth-order valence-corrected chi connectivity index (χ4v) is 2.72. The van der Waals surface area contributed by atoms with Crippen LogP contribution in [0.4, 0.5) is 13.2 Å². The van der Waals surface area contributed by atoms with Gasteiger partial charge in [0.05, 0.1) is 5.88 Å². The Kier molecular flexibility index (Phi) is 5.59. The molecule has 0 atom stereocenters. The number of carbonyl (C=O) groups excluding carboxylic acids is 1. The van der Waals surface area contributed by atoms with Gasteiger partial charge in [0.2, 0.25) is 0 Å². The van der Waals surface area contributed by atoms with Gasteiger partial charge in [-0.05, 0) is 52.0 Å². The molecular formula is C10H7ClF3IOS. The standard InChI is InChI=1S/C10H7ClF3IOS/c11-5-7(16)3-6-1-2-8(4-9(6)15)17-10(12,13)14/h1-2,4H,3,5H2.